The lowest BCUT2D eigenvalue weighted by Crippen LogP contribution is -2.52. The molecule has 236 valence electrons. The fourth-order valence-corrected chi connectivity index (χ4v) is 7.39. The summed E-state index contributed by atoms with van der Waals surface area (Å²) in [5, 5.41) is 14.1. The quantitative estimate of drug-likeness (QED) is 0.180. The van der Waals surface area contributed by atoms with Gasteiger partial charge in [-0.3, -0.25) is 4.79 Å². The molecule has 0 bridgehead atoms. The number of fused-ring (bicyclic) bond motifs is 2. The first-order valence-electron chi connectivity index (χ1n) is 15.6. The molecule has 1 amide bonds. The van der Waals surface area contributed by atoms with Crippen LogP contribution in [0.5, 0.6) is 5.75 Å². The summed E-state index contributed by atoms with van der Waals surface area (Å²) in [6.07, 6.45) is 13.0. The van der Waals surface area contributed by atoms with Crippen molar-refractivity contribution in [3.05, 3.63) is 76.3 Å². The number of amides is 1. The van der Waals surface area contributed by atoms with E-state index in [1.54, 1.807) is 19.5 Å². The van der Waals surface area contributed by atoms with Crippen LogP contribution in [0.15, 0.2) is 48.8 Å². The van der Waals surface area contributed by atoms with Gasteiger partial charge in [-0.05, 0) is 67.9 Å². The summed E-state index contributed by atoms with van der Waals surface area (Å²) >= 11 is 6.12. The summed E-state index contributed by atoms with van der Waals surface area (Å²) in [6.45, 7) is 0. The Hall–Kier alpha value is -4.70. The van der Waals surface area contributed by atoms with E-state index in [1.807, 2.05) is 42.9 Å². The third kappa shape index (κ3) is 5.01. The number of aryl methyl sites for hydroxylation is 2. The Labute approximate surface area is 271 Å². The van der Waals surface area contributed by atoms with Crippen LogP contribution in [-0.2, 0) is 24.4 Å². The number of carbonyl (C=O) groups is 2. The molecule has 0 atom stereocenters. The first kappa shape index (κ1) is 30.0. The van der Waals surface area contributed by atoms with Gasteiger partial charge in [-0.15, -0.1) is 0 Å². The lowest BCUT2D eigenvalue weighted by molar-refractivity contribution is -0.131. The second kappa shape index (κ2) is 11.6. The van der Waals surface area contributed by atoms with Crippen LogP contribution in [-0.4, -0.2) is 48.2 Å². The molecule has 2 saturated carbocycles. The SMILES string of the molecule is COc1cc2nc(C3(NC(=O)c4ccc5c(C6CCCC6)c(-c6ncc(Cl)cn6)n(C)c5c4)CCC3)n(C)c2cc1C=CC(=O)O. The first-order valence-corrected chi connectivity index (χ1v) is 16.0. The van der Waals surface area contributed by atoms with Crippen LogP contribution in [0.4, 0.5) is 0 Å². The van der Waals surface area contributed by atoms with Gasteiger partial charge in [0.15, 0.2) is 5.82 Å². The summed E-state index contributed by atoms with van der Waals surface area (Å²) < 4.78 is 9.62. The molecule has 11 heteroatoms. The van der Waals surface area contributed by atoms with Gasteiger partial charge >= 0.3 is 5.97 Å². The Bertz CT molecular complexity index is 2030. The highest BCUT2D eigenvalue weighted by Gasteiger charge is 2.44. The van der Waals surface area contributed by atoms with Crippen LogP contribution < -0.4 is 10.1 Å². The molecule has 10 nitrogen and oxygen atoms in total. The molecule has 3 aromatic heterocycles. The topological polar surface area (TPSA) is 124 Å². The Morgan fingerprint density at radius 3 is 2.43 bits per heavy atom. The number of hydrogen-bond donors (Lipinski definition) is 2. The lowest BCUT2D eigenvalue weighted by atomic mass is 9.75. The second-order valence-electron chi connectivity index (χ2n) is 12.4. The van der Waals surface area contributed by atoms with Crippen molar-refractivity contribution >= 4 is 51.5 Å². The molecule has 2 N–H and O–H groups in total. The Morgan fingerprint density at radius 1 is 1.04 bits per heavy atom. The van der Waals surface area contributed by atoms with E-state index >= 15 is 0 Å². The second-order valence-corrected chi connectivity index (χ2v) is 12.8. The highest BCUT2D eigenvalue weighted by Crippen LogP contribution is 2.45. The number of nitrogens with zero attached hydrogens (tertiary/aromatic N) is 5. The summed E-state index contributed by atoms with van der Waals surface area (Å²) in [4.78, 5) is 39.2. The average molecular weight is 639 g/mol. The third-order valence-electron chi connectivity index (χ3n) is 9.72. The fraction of sp³-hybridized carbons (Fsp3) is 0.343. The lowest BCUT2D eigenvalue weighted by Gasteiger charge is -2.41. The number of carbonyl (C=O) groups excluding carboxylic acids is 1. The number of aliphatic carboxylic acids is 1. The molecule has 0 radical (unpaired) electrons. The van der Waals surface area contributed by atoms with Crippen molar-refractivity contribution in [3.63, 3.8) is 0 Å². The number of hydrogen-bond acceptors (Lipinski definition) is 6. The fourth-order valence-electron chi connectivity index (χ4n) is 7.30. The first-order chi connectivity index (χ1) is 22.2. The molecule has 0 unspecified atom stereocenters. The largest absolute Gasteiger partial charge is 0.496 e. The molecule has 0 saturated heterocycles. The molecular weight excluding hydrogens is 604 g/mol. The molecule has 2 aliphatic rings. The number of aromatic nitrogens is 5. The Kier molecular flexibility index (Phi) is 7.55. The van der Waals surface area contributed by atoms with E-state index in [-0.39, 0.29) is 5.91 Å². The maximum absolute atomic E-state index is 14.0. The predicted molar refractivity (Wildman–Crippen MR) is 177 cm³/mol. The molecule has 46 heavy (non-hydrogen) atoms. The molecular formula is C35H35ClN6O4. The van der Waals surface area contributed by atoms with E-state index < -0.39 is 11.5 Å². The molecule has 2 aliphatic carbocycles. The van der Waals surface area contributed by atoms with Crippen LogP contribution in [0.3, 0.4) is 0 Å². The van der Waals surface area contributed by atoms with Gasteiger partial charge in [-0.25, -0.2) is 19.7 Å². The number of ether oxygens (including phenoxy) is 1. The molecule has 5 aromatic rings. The average Bonchev–Trinajstić information content (AvgIpc) is 3.74. The highest BCUT2D eigenvalue weighted by molar-refractivity contribution is 6.30. The summed E-state index contributed by atoms with van der Waals surface area (Å²) in [5.74, 6) is 1.12. The van der Waals surface area contributed by atoms with Crippen molar-refractivity contribution in [1.82, 2.24) is 29.4 Å². The zero-order valence-electron chi connectivity index (χ0n) is 26.0. The number of benzene rings is 2. The van der Waals surface area contributed by atoms with Crippen LogP contribution in [0.2, 0.25) is 5.02 Å². The predicted octanol–water partition coefficient (Wildman–Crippen LogP) is 6.75. The molecule has 3 heterocycles. The Balaban J connectivity index is 1.26. The summed E-state index contributed by atoms with van der Waals surface area (Å²) in [7, 11) is 5.48. The van der Waals surface area contributed by atoms with Crippen molar-refractivity contribution in [3.8, 4) is 17.3 Å². The molecule has 0 aliphatic heterocycles. The third-order valence-corrected chi connectivity index (χ3v) is 9.92. The van der Waals surface area contributed by atoms with E-state index in [0.29, 0.717) is 39.2 Å². The minimum atomic E-state index is -1.04. The monoisotopic (exact) mass is 638 g/mol. The molecule has 2 fully saturated rings. The zero-order valence-corrected chi connectivity index (χ0v) is 26.8. The number of rotatable bonds is 8. The van der Waals surface area contributed by atoms with Gasteiger partial charge < -0.3 is 24.3 Å². The van der Waals surface area contributed by atoms with Crippen LogP contribution in [0.25, 0.3) is 39.5 Å². The van der Waals surface area contributed by atoms with E-state index in [0.717, 1.165) is 66.1 Å². The van der Waals surface area contributed by atoms with Gasteiger partial charge in [0.2, 0.25) is 0 Å². The van der Waals surface area contributed by atoms with Gasteiger partial charge in [-0.1, -0.05) is 30.5 Å². The van der Waals surface area contributed by atoms with Gasteiger partial charge in [0, 0.05) is 60.7 Å². The van der Waals surface area contributed by atoms with Crippen molar-refractivity contribution in [1.29, 1.82) is 0 Å². The van der Waals surface area contributed by atoms with Gasteiger partial charge in [0.05, 0.1) is 34.4 Å². The number of methoxy groups -OCH3 is 1. The highest BCUT2D eigenvalue weighted by atomic mass is 35.5. The Morgan fingerprint density at radius 2 is 1.78 bits per heavy atom. The number of halogens is 1. The van der Waals surface area contributed by atoms with Crippen molar-refractivity contribution in [2.75, 3.05) is 7.11 Å². The number of carboxylic acids is 1. The standard InChI is InChI=1S/C35H35ClN6O4/c1-41-26-16-22(9-11-24(26)30(20-7-4-5-8-20)31(41)32-37-18-23(36)19-38-32)33(45)40-35(13-6-14-35)34-39-25-17-28(46-3)21(10-12-29(43)44)15-27(25)42(34)2/h9-12,15-20H,4-8,13-14H2,1-3H3,(H,40,45)(H,43,44). The zero-order chi connectivity index (χ0) is 32.2. The number of imidazole rings is 1. The van der Waals surface area contributed by atoms with E-state index in [4.69, 9.17) is 26.4 Å². The van der Waals surface area contributed by atoms with E-state index in [1.165, 1.54) is 24.5 Å². The molecule has 7 rings (SSSR count). The van der Waals surface area contributed by atoms with Gasteiger partial charge in [-0.2, -0.15) is 0 Å². The maximum atomic E-state index is 14.0. The van der Waals surface area contributed by atoms with Crippen LogP contribution in [0.1, 0.15) is 78.2 Å². The summed E-state index contributed by atoms with van der Waals surface area (Å²) in [6, 6.07) is 9.62. The van der Waals surface area contributed by atoms with Gasteiger partial charge in [0.25, 0.3) is 5.91 Å². The number of nitrogens with one attached hydrogen (secondary N) is 1. The van der Waals surface area contributed by atoms with E-state index in [9.17, 15) is 9.59 Å². The van der Waals surface area contributed by atoms with Crippen molar-refractivity contribution in [2.45, 2.75) is 56.4 Å². The smallest absolute Gasteiger partial charge is 0.328 e. The van der Waals surface area contributed by atoms with Crippen molar-refractivity contribution < 1.29 is 19.4 Å². The van der Waals surface area contributed by atoms with Crippen molar-refractivity contribution in [2.24, 2.45) is 14.1 Å². The van der Waals surface area contributed by atoms with E-state index in [2.05, 4.69) is 25.9 Å². The van der Waals surface area contributed by atoms with Gasteiger partial charge in [0.1, 0.15) is 11.6 Å². The number of carboxylic acid groups (broad SMARTS) is 1. The summed E-state index contributed by atoms with van der Waals surface area (Å²) in [5.41, 5.74) is 5.29. The molecule has 2 aromatic carbocycles. The van der Waals surface area contributed by atoms with Crippen LogP contribution >= 0.6 is 11.6 Å². The van der Waals surface area contributed by atoms with Crippen LogP contribution in [0, 0.1) is 0 Å². The normalized spacial score (nSPS) is 16.3. The molecule has 0 spiro atoms. The maximum Gasteiger partial charge on any atom is 0.328 e. The minimum absolute atomic E-state index is 0.163. The minimum Gasteiger partial charge on any atom is -0.496 e.